The molecule has 1 fully saturated rings. The molecule has 1 aliphatic heterocycles. The first-order valence-electron chi connectivity index (χ1n) is 9.26. The van der Waals surface area contributed by atoms with Gasteiger partial charge < -0.3 is 10.1 Å². The lowest BCUT2D eigenvalue weighted by atomic mass is 10.1. The monoisotopic (exact) mass is 390 g/mol. The Morgan fingerprint density at radius 2 is 2.00 bits per heavy atom. The van der Waals surface area contributed by atoms with Crippen LogP contribution in [0.15, 0.2) is 48.5 Å². The van der Waals surface area contributed by atoms with Crippen LogP contribution in [0.25, 0.3) is 0 Å². The molecule has 1 atom stereocenters. The second kappa shape index (κ2) is 9.83. The number of nitrogens with zero attached hydrogens (tertiary/aromatic N) is 1. The fourth-order valence-corrected chi connectivity index (χ4v) is 3.49. The summed E-state index contributed by atoms with van der Waals surface area (Å²) in [6.45, 7) is 3.96. The van der Waals surface area contributed by atoms with Gasteiger partial charge in [-0.05, 0) is 37.1 Å². The van der Waals surface area contributed by atoms with Gasteiger partial charge in [0.25, 0.3) is 5.91 Å². The molecule has 6 heteroatoms. The predicted molar refractivity (Wildman–Crippen MR) is 105 cm³/mol. The molecule has 2 aromatic rings. The number of carbonyl (C=O) groups is 1. The van der Waals surface area contributed by atoms with E-state index in [4.69, 9.17) is 16.3 Å². The highest BCUT2D eigenvalue weighted by Gasteiger charge is 2.21. The third-order valence-corrected chi connectivity index (χ3v) is 5.01. The molecule has 1 saturated heterocycles. The molecule has 144 valence electrons. The Bertz CT molecular complexity index is 737. The fourth-order valence-electron chi connectivity index (χ4n) is 3.24. The Hall–Kier alpha value is -1.95. The maximum atomic E-state index is 13.7. The smallest absolute Gasteiger partial charge is 0.255 e. The van der Waals surface area contributed by atoms with Gasteiger partial charge >= 0.3 is 0 Å². The number of halogens is 2. The van der Waals surface area contributed by atoms with E-state index < -0.39 is 11.7 Å². The molecule has 1 N–H and O–H groups in total. The minimum absolute atomic E-state index is 0.0851. The molecular weight excluding hydrogens is 367 g/mol. The summed E-state index contributed by atoms with van der Waals surface area (Å²) in [7, 11) is 0. The lowest BCUT2D eigenvalue weighted by Crippen LogP contribution is -2.39. The van der Waals surface area contributed by atoms with Crippen molar-refractivity contribution in [2.75, 3.05) is 32.8 Å². The van der Waals surface area contributed by atoms with Crippen LogP contribution in [-0.4, -0.2) is 43.6 Å². The highest BCUT2D eigenvalue weighted by molar-refractivity contribution is 6.33. The maximum absolute atomic E-state index is 13.7. The highest BCUT2D eigenvalue weighted by Crippen LogP contribution is 2.22. The van der Waals surface area contributed by atoms with Gasteiger partial charge in [0.05, 0.1) is 23.3 Å². The van der Waals surface area contributed by atoms with Crippen molar-refractivity contribution in [1.82, 2.24) is 10.2 Å². The fraction of sp³-hybridized carbons (Fsp3) is 0.381. The first-order chi connectivity index (χ1) is 13.1. The number of morpholine rings is 1. The SMILES string of the molecule is O=C(NCCCCN1CCOC(c2ccccc2)C1)c1c(F)cccc1Cl. The molecule has 4 nitrogen and oxygen atoms in total. The van der Waals surface area contributed by atoms with Gasteiger partial charge in [-0.3, -0.25) is 9.69 Å². The molecule has 1 unspecified atom stereocenters. The van der Waals surface area contributed by atoms with E-state index in [1.165, 1.54) is 23.8 Å². The lowest BCUT2D eigenvalue weighted by Gasteiger charge is -2.33. The Morgan fingerprint density at radius 3 is 2.78 bits per heavy atom. The molecule has 1 amide bonds. The van der Waals surface area contributed by atoms with Crippen LogP contribution in [0.3, 0.4) is 0 Å². The van der Waals surface area contributed by atoms with Crippen LogP contribution in [0, 0.1) is 5.82 Å². The van der Waals surface area contributed by atoms with Crippen molar-refractivity contribution in [2.24, 2.45) is 0 Å². The van der Waals surface area contributed by atoms with Gasteiger partial charge in [0.2, 0.25) is 0 Å². The summed E-state index contributed by atoms with van der Waals surface area (Å²) in [5.41, 5.74) is 1.12. The van der Waals surface area contributed by atoms with Crippen molar-refractivity contribution in [2.45, 2.75) is 18.9 Å². The van der Waals surface area contributed by atoms with E-state index in [-0.39, 0.29) is 16.7 Å². The Kier molecular flexibility index (Phi) is 7.21. The zero-order valence-corrected chi connectivity index (χ0v) is 15.9. The van der Waals surface area contributed by atoms with E-state index in [1.807, 2.05) is 18.2 Å². The lowest BCUT2D eigenvalue weighted by molar-refractivity contribution is -0.0303. The van der Waals surface area contributed by atoms with Crippen LogP contribution < -0.4 is 5.32 Å². The number of ether oxygens (including phenoxy) is 1. The van der Waals surface area contributed by atoms with Crippen molar-refractivity contribution in [3.63, 3.8) is 0 Å². The first-order valence-corrected chi connectivity index (χ1v) is 9.64. The van der Waals surface area contributed by atoms with Gasteiger partial charge in [-0.15, -0.1) is 0 Å². The summed E-state index contributed by atoms with van der Waals surface area (Å²) in [6.07, 6.45) is 1.89. The van der Waals surface area contributed by atoms with Crippen molar-refractivity contribution < 1.29 is 13.9 Å². The molecule has 0 saturated carbocycles. The molecule has 1 heterocycles. The molecular formula is C21H24ClFN2O2. The number of amides is 1. The van der Waals surface area contributed by atoms with Gasteiger partial charge in [0, 0.05) is 19.6 Å². The van der Waals surface area contributed by atoms with E-state index in [9.17, 15) is 9.18 Å². The topological polar surface area (TPSA) is 41.6 Å². The number of nitrogens with one attached hydrogen (secondary N) is 1. The summed E-state index contributed by atoms with van der Waals surface area (Å²) in [5, 5.41) is 2.88. The van der Waals surface area contributed by atoms with E-state index in [1.54, 1.807) is 0 Å². The van der Waals surface area contributed by atoms with Crippen LogP contribution >= 0.6 is 11.6 Å². The summed E-state index contributed by atoms with van der Waals surface area (Å²) in [6, 6.07) is 14.5. The summed E-state index contributed by atoms with van der Waals surface area (Å²) >= 11 is 5.91. The standard InChI is InChI=1S/C21H24ClFN2O2/c22-17-9-6-10-18(23)20(17)21(26)24-11-4-5-12-25-13-14-27-19(15-25)16-7-2-1-3-8-16/h1-3,6-10,19H,4-5,11-15H2,(H,24,26). The van der Waals surface area contributed by atoms with Crippen LogP contribution in [0.4, 0.5) is 4.39 Å². The average molecular weight is 391 g/mol. The van der Waals surface area contributed by atoms with Gasteiger partial charge in [0.1, 0.15) is 5.82 Å². The molecule has 0 radical (unpaired) electrons. The van der Waals surface area contributed by atoms with Gasteiger partial charge in [-0.25, -0.2) is 4.39 Å². The average Bonchev–Trinajstić information content (AvgIpc) is 2.68. The van der Waals surface area contributed by atoms with E-state index in [2.05, 4.69) is 22.3 Å². The zero-order valence-electron chi connectivity index (χ0n) is 15.2. The zero-order chi connectivity index (χ0) is 19.1. The van der Waals surface area contributed by atoms with Crippen molar-refractivity contribution in [1.29, 1.82) is 0 Å². The van der Waals surface area contributed by atoms with Crippen molar-refractivity contribution in [3.05, 3.63) is 70.5 Å². The minimum atomic E-state index is -0.597. The Labute approximate surface area is 164 Å². The number of carbonyl (C=O) groups excluding carboxylic acids is 1. The molecule has 2 aromatic carbocycles. The Morgan fingerprint density at radius 1 is 1.19 bits per heavy atom. The minimum Gasteiger partial charge on any atom is -0.371 e. The second-order valence-electron chi connectivity index (χ2n) is 6.63. The maximum Gasteiger partial charge on any atom is 0.255 e. The summed E-state index contributed by atoms with van der Waals surface area (Å²) < 4.78 is 19.6. The van der Waals surface area contributed by atoms with Crippen LogP contribution in [-0.2, 0) is 4.74 Å². The number of rotatable bonds is 7. The second-order valence-corrected chi connectivity index (χ2v) is 7.04. The third-order valence-electron chi connectivity index (χ3n) is 4.70. The quantitative estimate of drug-likeness (QED) is 0.725. The molecule has 3 rings (SSSR count). The van der Waals surface area contributed by atoms with Gasteiger partial charge in [0.15, 0.2) is 0 Å². The van der Waals surface area contributed by atoms with Gasteiger partial charge in [-0.2, -0.15) is 0 Å². The first kappa shape index (κ1) is 19.8. The van der Waals surface area contributed by atoms with Gasteiger partial charge in [-0.1, -0.05) is 48.0 Å². The van der Waals surface area contributed by atoms with Crippen LogP contribution in [0.5, 0.6) is 0 Å². The number of hydrogen-bond acceptors (Lipinski definition) is 3. The molecule has 0 aromatic heterocycles. The van der Waals surface area contributed by atoms with Crippen LogP contribution in [0.1, 0.15) is 34.9 Å². The molecule has 0 bridgehead atoms. The molecule has 0 aliphatic carbocycles. The molecule has 0 spiro atoms. The normalized spacial score (nSPS) is 17.6. The largest absolute Gasteiger partial charge is 0.371 e. The van der Waals surface area contributed by atoms with Crippen LogP contribution in [0.2, 0.25) is 5.02 Å². The number of benzene rings is 2. The Balaban J connectivity index is 1.38. The summed E-state index contributed by atoms with van der Waals surface area (Å²) in [4.78, 5) is 14.5. The predicted octanol–water partition coefficient (Wildman–Crippen LogP) is 4.06. The summed E-state index contributed by atoms with van der Waals surface area (Å²) in [5.74, 6) is -1.06. The van der Waals surface area contributed by atoms with Crippen molar-refractivity contribution in [3.8, 4) is 0 Å². The van der Waals surface area contributed by atoms with E-state index in [0.29, 0.717) is 6.54 Å². The third kappa shape index (κ3) is 5.51. The van der Waals surface area contributed by atoms with Crippen molar-refractivity contribution >= 4 is 17.5 Å². The number of hydrogen-bond donors (Lipinski definition) is 1. The molecule has 27 heavy (non-hydrogen) atoms. The molecule has 1 aliphatic rings. The van der Waals surface area contributed by atoms with E-state index in [0.717, 1.165) is 39.1 Å². The van der Waals surface area contributed by atoms with E-state index >= 15 is 0 Å². The highest BCUT2D eigenvalue weighted by atomic mass is 35.5. The number of unbranched alkanes of at least 4 members (excludes halogenated alkanes) is 1.